The molecule has 2 aromatic rings. The van der Waals surface area contributed by atoms with Gasteiger partial charge in [-0.05, 0) is 42.9 Å². The second-order valence-corrected chi connectivity index (χ2v) is 4.81. The van der Waals surface area contributed by atoms with Gasteiger partial charge in [0.1, 0.15) is 0 Å². The van der Waals surface area contributed by atoms with Gasteiger partial charge >= 0.3 is 0 Å². The molecule has 3 nitrogen and oxygen atoms in total. The van der Waals surface area contributed by atoms with Crippen LogP contribution in [0.15, 0.2) is 54.9 Å². The van der Waals surface area contributed by atoms with Crippen LogP contribution >= 0.6 is 0 Å². The standard InChI is InChI=1S/C16H21N3/c17-19-16(12-15-9-5-11-18-13-15)10-4-8-14-6-2-1-3-7-14/h1-3,5-7,9,11,13,16,19H,4,8,10,12,17H2. The SMILES string of the molecule is NNC(CCCc1ccccc1)Cc1cccnc1. The summed E-state index contributed by atoms with van der Waals surface area (Å²) in [5.74, 6) is 5.63. The van der Waals surface area contributed by atoms with E-state index < -0.39 is 0 Å². The Bertz CT molecular complexity index is 456. The Hall–Kier alpha value is -1.71. The number of nitrogens with zero attached hydrogens (tertiary/aromatic N) is 1. The fourth-order valence-electron chi connectivity index (χ4n) is 2.24. The van der Waals surface area contributed by atoms with Crippen molar-refractivity contribution in [3.8, 4) is 0 Å². The highest BCUT2D eigenvalue weighted by atomic mass is 15.2. The lowest BCUT2D eigenvalue weighted by atomic mass is 10.0. The quantitative estimate of drug-likeness (QED) is 0.590. The minimum absolute atomic E-state index is 0.313. The molecule has 100 valence electrons. The molecule has 0 bridgehead atoms. The summed E-state index contributed by atoms with van der Waals surface area (Å²) in [6.07, 6.45) is 7.94. The molecule has 1 heterocycles. The van der Waals surface area contributed by atoms with E-state index in [2.05, 4.69) is 46.8 Å². The summed E-state index contributed by atoms with van der Waals surface area (Å²) in [4.78, 5) is 4.13. The van der Waals surface area contributed by atoms with Gasteiger partial charge in [-0.15, -0.1) is 0 Å². The maximum atomic E-state index is 5.63. The number of hydrogen-bond donors (Lipinski definition) is 2. The van der Waals surface area contributed by atoms with Gasteiger partial charge in [0.15, 0.2) is 0 Å². The zero-order chi connectivity index (χ0) is 13.3. The first-order valence-corrected chi connectivity index (χ1v) is 6.77. The maximum absolute atomic E-state index is 5.63. The van der Waals surface area contributed by atoms with Gasteiger partial charge < -0.3 is 0 Å². The van der Waals surface area contributed by atoms with Crippen LogP contribution in [0.1, 0.15) is 24.0 Å². The number of pyridine rings is 1. The molecule has 19 heavy (non-hydrogen) atoms. The molecule has 1 atom stereocenters. The van der Waals surface area contributed by atoms with Crippen molar-refractivity contribution in [1.82, 2.24) is 10.4 Å². The molecule has 0 spiro atoms. The van der Waals surface area contributed by atoms with Crippen LogP contribution in [-0.4, -0.2) is 11.0 Å². The Morgan fingerprint density at radius 1 is 1.05 bits per heavy atom. The van der Waals surface area contributed by atoms with Crippen molar-refractivity contribution in [3.05, 3.63) is 66.0 Å². The third-order valence-electron chi connectivity index (χ3n) is 3.30. The first-order valence-electron chi connectivity index (χ1n) is 6.77. The molecule has 0 aliphatic rings. The first-order chi connectivity index (χ1) is 9.38. The molecular weight excluding hydrogens is 234 g/mol. The van der Waals surface area contributed by atoms with E-state index in [9.17, 15) is 0 Å². The van der Waals surface area contributed by atoms with Gasteiger partial charge in [0.25, 0.3) is 0 Å². The van der Waals surface area contributed by atoms with E-state index in [1.54, 1.807) is 6.20 Å². The van der Waals surface area contributed by atoms with Crippen LogP contribution in [0.3, 0.4) is 0 Å². The fourth-order valence-corrected chi connectivity index (χ4v) is 2.24. The summed E-state index contributed by atoms with van der Waals surface area (Å²) in [6.45, 7) is 0. The highest BCUT2D eigenvalue weighted by Crippen LogP contribution is 2.09. The van der Waals surface area contributed by atoms with Crippen LogP contribution in [0.25, 0.3) is 0 Å². The summed E-state index contributed by atoms with van der Waals surface area (Å²) >= 11 is 0. The van der Waals surface area contributed by atoms with E-state index in [4.69, 9.17) is 5.84 Å². The van der Waals surface area contributed by atoms with E-state index in [1.807, 2.05) is 12.3 Å². The fraction of sp³-hybridized carbons (Fsp3) is 0.312. The normalized spacial score (nSPS) is 12.3. The molecule has 1 aromatic carbocycles. The van der Waals surface area contributed by atoms with Gasteiger partial charge in [-0.25, -0.2) is 0 Å². The van der Waals surface area contributed by atoms with E-state index >= 15 is 0 Å². The minimum atomic E-state index is 0.313. The van der Waals surface area contributed by atoms with Crippen LogP contribution in [0, 0.1) is 0 Å². The predicted octanol–water partition coefficient (Wildman–Crippen LogP) is 2.48. The van der Waals surface area contributed by atoms with E-state index in [0.717, 1.165) is 25.7 Å². The summed E-state index contributed by atoms with van der Waals surface area (Å²) < 4.78 is 0. The van der Waals surface area contributed by atoms with Crippen LogP contribution in [0.4, 0.5) is 0 Å². The number of aryl methyl sites for hydroxylation is 1. The van der Waals surface area contributed by atoms with Crippen molar-refractivity contribution < 1.29 is 0 Å². The van der Waals surface area contributed by atoms with Gasteiger partial charge in [-0.1, -0.05) is 36.4 Å². The average molecular weight is 255 g/mol. The van der Waals surface area contributed by atoms with Gasteiger partial charge in [0.2, 0.25) is 0 Å². The molecule has 3 heteroatoms. The highest BCUT2D eigenvalue weighted by Gasteiger charge is 2.07. The van der Waals surface area contributed by atoms with Crippen molar-refractivity contribution in [1.29, 1.82) is 0 Å². The Morgan fingerprint density at radius 2 is 1.84 bits per heavy atom. The lowest BCUT2D eigenvalue weighted by Crippen LogP contribution is -2.36. The van der Waals surface area contributed by atoms with Crippen molar-refractivity contribution in [2.24, 2.45) is 5.84 Å². The van der Waals surface area contributed by atoms with Crippen molar-refractivity contribution >= 4 is 0 Å². The molecule has 0 aliphatic carbocycles. The Labute approximate surface area is 114 Å². The van der Waals surface area contributed by atoms with Gasteiger partial charge in [-0.2, -0.15) is 0 Å². The summed E-state index contributed by atoms with van der Waals surface area (Å²) in [5.41, 5.74) is 5.52. The highest BCUT2D eigenvalue weighted by molar-refractivity contribution is 5.14. The largest absolute Gasteiger partial charge is 0.271 e. The van der Waals surface area contributed by atoms with Crippen LogP contribution < -0.4 is 11.3 Å². The second kappa shape index (κ2) is 7.67. The molecular formula is C16H21N3. The number of nitrogens with two attached hydrogens (primary N) is 1. The zero-order valence-electron chi connectivity index (χ0n) is 11.1. The molecule has 0 amide bonds. The number of rotatable bonds is 7. The van der Waals surface area contributed by atoms with Gasteiger partial charge in [0.05, 0.1) is 0 Å². The average Bonchev–Trinajstić information content (AvgIpc) is 2.48. The van der Waals surface area contributed by atoms with E-state index in [1.165, 1.54) is 11.1 Å². The number of benzene rings is 1. The molecule has 0 fully saturated rings. The molecule has 1 aromatic heterocycles. The summed E-state index contributed by atoms with van der Waals surface area (Å²) in [6, 6.07) is 14.9. The first kappa shape index (κ1) is 13.7. The molecule has 2 rings (SSSR count). The Kier molecular flexibility index (Phi) is 5.53. The second-order valence-electron chi connectivity index (χ2n) is 4.81. The van der Waals surface area contributed by atoms with Crippen molar-refractivity contribution in [3.63, 3.8) is 0 Å². The number of nitrogens with one attached hydrogen (secondary N) is 1. The molecule has 0 saturated carbocycles. The Morgan fingerprint density at radius 3 is 2.53 bits per heavy atom. The predicted molar refractivity (Wildman–Crippen MR) is 78.4 cm³/mol. The molecule has 3 N–H and O–H groups in total. The third kappa shape index (κ3) is 4.81. The molecule has 0 aliphatic heterocycles. The summed E-state index contributed by atoms with van der Waals surface area (Å²) in [7, 11) is 0. The lowest BCUT2D eigenvalue weighted by molar-refractivity contribution is 0.476. The van der Waals surface area contributed by atoms with E-state index in [-0.39, 0.29) is 0 Å². The van der Waals surface area contributed by atoms with Crippen LogP contribution in [0.2, 0.25) is 0 Å². The minimum Gasteiger partial charge on any atom is -0.271 e. The monoisotopic (exact) mass is 255 g/mol. The van der Waals surface area contributed by atoms with Gasteiger partial charge in [-0.3, -0.25) is 16.3 Å². The number of aromatic nitrogens is 1. The number of hydrazine groups is 1. The third-order valence-corrected chi connectivity index (χ3v) is 3.30. The van der Waals surface area contributed by atoms with Crippen LogP contribution in [0.5, 0.6) is 0 Å². The molecule has 1 unspecified atom stereocenters. The molecule has 0 saturated heterocycles. The molecule has 0 radical (unpaired) electrons. The Balaban J connectivity index is 1.77. The topological polar surface area (TPSA) is 50.9 Å². The van der Waals surface area contributed by atoms with Gasteiger partial charge in [0, 0.05) is 18.4 Å². The van der Waals surface area contributed by atoms with Crippen molar-refractivity contribution in [2.75, 3.05) is 0 Å². The maximum Gasteiger partial charge on any atom is 0.0300 e. The summed E-state index contributed by atoms with van der Waals surface area (Å²) in [5, 5.41) is 0. The zero-order valence-corrected chi connectivity index (χ0v) is 11.1. The number of hydrogen-bond acceptors (Lipinski definition) is 3. The van der Waals surface area contributed by atoms with E-state index in [0.29, 0.717) is 6.04 Å². The lowest BCUT2D eigenvalue weighted by Gasteiger charge is -2.15. The van der Waals surface area contributed by atoms with Crippen molar-refractivity contribution in [2.45, 2.75) is 31.7 Å². The van der Waals surface area contributed by atoms with Crippen LogP contribution in [-0.2, 0) is 12.8 Å². The smallest absolute Gasteiger partial charge is 0.0300 e.